The number of hydrogen-bond acceptors (Lipinski definition) is 2. The number of aromatic amines is 1. The normalized spacial score (nSPS) is 12.2. The van der Waals surface area contributed by atoms with Crippen LogP contribution in [0.4, 0.5) is 0 Å². The van der Waals surface area contributed by atoms with E-state index in [0.29, 0.717) is 0 Å². The van der Waals surface area contributed by atoms with Crippen molar-refractivity contribution >= 4 is 5.91 Å². The van der Waals surface area contributed by atoms with Crippen LogP contribution in [0, 0.1) is 6.92 Å². The highest BCUT2D eigenvalue weighted by Crippen LogP contribution is 2.03. The molecule has 1 atom stereocenters. The van der Waals surface area contributed by atoms with Gasteiger partial charge in [0.05, 0.1) is 0 Å². The second kappa shape index (κ2) is 6.99. The van der Waals surface area contributed by atoms with Crippen molar-refractivity contribution in [2.75, 3.05) is 0 Å². The summed E-state index contributed by atoms with van der Waals surface area (Å²) in [5, 5.41) is 2.86. The number of aryl methyl sites for hydroxylation is 1. The van der Waals surface area contributed by atoms with Crippen molar-refractivity contribution in [2.45, 2.75) is 52.5 Å². The lowest BCUT2D eigenvalue weighted by molar-refractivity contribution is 0.0936. The summed E-state index contributed by atoms with van der Waals surface area (Å²) in [5.74, 6) is -0.291. The maximum Gasteiger partial charge on any atom is 0.256 e. The second-order valence-corrected chi connectivity index (χ2v) is 4.76. The Bertz CT molecular complexity index is 451. The molecule has 1 amide bonds. The number of pyridine rings is 1. The van der Waals surface area contributed by atoms with Crippen LogP contribution in [0.25, 0.3) is 0 Å². The lowest BCUT2D eigenvalue weighted by atomic mass is 10.1. The Balaban J connectivity index is 2.57. The number of unbranched alkanes of at least 4 members (excludes halogenated alkanes) is 2. The Morgan fingerprint density at radius 2 is 2.17 bits per heavy atom. The molecule has 1 rings (SSSR count). The van der Waals surface area contributed by atoms with Crippen LogP contribution in [0.1, 0.15) is 55.6 Å². The third-order valence-corrected chi connectivity index (χ3v) is 2.92. The number of carbonyl (C=O) groups is 1. The van der Waals surface area contributed by atoms with Crippen LogP contribution >= 0.6 is 0 Å². The summed E-state index contributed by atoms with van der Waals surface area (Å²) in [6.45, 7) is 5.90. The molecule has 0 aromatic carbocycles. The summed E-state index contributed by atoms with van der Waals surface area (Å²) in [6.07, 6.45) is 5.86. The third kappa shape index (κ3) is 4.35. The van der Waals surface area contributed by atoms with Crippen molar-refractivity contribution in [2.24, 2.45) is 0 Å². The molecule has 0 saturated carbocycles. The van der Waals surface area contributed by atoms with Crippen molar-refractivity contribution in [3.05, 3.63) is 33.7 Å². The minimum Gasteiger partial charge on any atom is -0.364 e. The Labute approximate surface area is 108 Å². The van der Waals surface area contributed by atoms with Gasteiger partial charge in [-0.15, -0.1) is 0 Å². The molecule has 0 radical (unpaired) electrons. The molecule has 1 aromatic heterocycles. The van der Waals surface area contributed by atoms with Gasteiger partial charge in [-0.1, -0.05) is 26.2 Å². The van der Waals surface area contributed by atoms with E-state index in [1.807, 2.05) is 6.92 Å². The van der Waals surface area contributed by atoms with Gasteiger partial charge in [-0.05, 0) is 20.3 Å². The fourth-order valence-electron chi connectivity index (χ4n) is 1.82. The number of hydrogen-bond donors (Lipinski definition) is 2. The lowest BCUT2D eigenvalue weighted by Gasteiger charge is -2.13. The first-order valence-electron chi connectivity index (χ1n) is 6.54. The Morgan fingerprint density at radius 1 is 1.44 bits per heavy atom. The van der Waals surface area contributed by atoms with Crippen molar-refractivity contribution in [3.8, 4) is 0 Å². The van der Waals surface area contributed by atoms with E-state index in [4.69, 9.17) is 0 Å². The van der Waals surface area contributed by atoms with Gasteiger partial charge in [0.25, 0.3) is 5.91 Å². The van der Waals surface area contributed by atoms with E-state index < -0.39 is 0 Å². The molecule has 0 aliphatic rings. The summed E-state index contributed by atoms with van der Waals surface area (Å²) in [5.41, 5.74) is 0.708. The number of nitrogens with one attached hydrogen (secondary N) is 2. The zero-order valence-corrected chi connectivity index (χ0v) is 11.4. The molecule has 2 N–H and O–H groups in total. The molecule has 0 aliphatic heterocycles. The van der Waals surface area contributed by atoms with Crippen molar-refractivity contribution in [1.29, 1.82) is 0 Å². The molecular formula is C14H22N2O2. The molecule has 0 fully saturated rings. The average molecular weight is 250 g/mol. The highest BCUT2D eigenvalue weighted by molar-refractivity contribution is 5.93. The quantitative estimate of drug-likeness (QED) is 0.761. The zero-order valence-electron chi connectivity index (χ0n) is 11.4. The number of amides is 1. The zero-order chi connectivity index (χ0) is 13.5. The van der Waals surface area contributed by atoms with Crippen LogP contribution in [0.3, 0.4) is 0 Å². The lowest BCUT2D eigenvalue weighted by Crippen LogP contribution is -2.35. The predicted molar refractivity (Wildman–Crippen MR) is 72.9 cm³/mol. The Kier molecular flexibility index (Phi) is 5.62. The van der Waals surface area contributed by atoms with Crippen LogP contribution in [0.5, 0.6) is 0 Å². The van der Waals surface area contributed by atoms with E-state index in [-0.39, 0.29) is 22.9 Å². The second-order valence-electron chi connectivity index (χ2n) is 4.76. The Morgan fingerprint density at radius 3 is 2.78 bits per heavy atom. The van der Waals surface area contributed by atoms with E-state index in [1.165, 1.54) is 18.7 Å². The van der Waals surface area contributed by atoms with Crippen molar-refractivity contribution < 1.29 is 4.79 Å². The monoisotopic (exact) mass is 250 g/mol. The predicted octanol–water partition coefficient (Wildman–Crippen LogP) is 2.38. The van der Waals surface area contributed by atoms with E-state index >= 15 is 0 Å². The maximum absolute atomic E-state index is 11.9. The van der Waals surface area contributed by atoms with Crippen LogP contribution in [0.2, 0.25) is 0 Å². The number of H-pyrrole nitrogens is 1. The van der Waals surface area contributed by atoms with Crippen LogP contribution in [-0.4, -0.2) is 16.9 Å². The molecule has 0 bridgehead atoms. The third-order valence-electron chi connectivity index (χ3n) is 2.92. The van der Waals surface area contributed by atoms with E-state index in [0.717, 1.165) is 25.0 Å². The number of carbonyl (C=O) groups excluding carboxylic acids is 1. The van der Waals surface area contributed by atoms with Gasteiger partial charge in [-0.3, -0.25) is 9.59 Å². The smallest absolute Gasteiger partial charge is 0.256 e. The topological polar surface area (TPSA) is 62.0 Å². The van der Waals surface area contributed by atoms with Crippen LogP contribution < -0.4 is 10.7 Å². The summed E-state index contributed by atoms with van der Waals surface area (Å²) in [7, 11) is 0. The first-order chi connectivity index (χ1) is 8.54. The van der Waals surface area contributed by atoms with Gasteiger partial charge in [0.15, 0.2) is 5.43 Å². The van der Waals surface area contributed by atoms with Gasteiger partial charge in [-0.25, -0.2) is 0 Å². The van der Waals surface area contributed by atoms with Gasteiger partial charge in [0.1, 0.15) is 5.56 Å². The molecule has 18 heavy (non-hydrogen) atoms. The molecule has 1 aromatic rings. The molecule has 4 nitrogen and oxygen atoms in total. The highest BCUT2D eigenvalue weighted by Gasteiger charge is 2.12. The summed E-state index contributed by atoms with van der Waals surface area (Å²) < 4.78 is 0. The maximum atomic E-state index is 11.9. The Hall–Kier alpha value is -1.58. The average Bonchev–Trinajstić information content (AvgIpc) is 2.28. The van der Waals surface area contributed by atoms with Crippen molar-refractivity contribution in [1.82, 2.24) is 10.3 Å². The molecule has 1 unspecified atom stereocenters. The largest absolute Gasteiger partial charge is 0.364 e. The first kappa shape index (κ1) is 14.5. The summed E-state index contributed by atoms with van der Waals surface area (Å²) in [4.78, 5) is 26.4. The fourth-order valence-corrected chi connectivity index (χ4v) is 1.82. The molecular weight excluding hydrogens is 228 g/mol. The number of aromatic nitrogens is 1. The molecule has 0 saturated heterocycles. The van der Waals surface area contributed by atoms with E-state index in [2.05, 4.69) is 17.2 Å². The first-order valence-corrected chi connectivity index (χ1v) is 6.54. The molecule has 1 heterocycles. The van der Waals surface area contributed by atoms with Crippen molar-refractivity contribution in [3.63, 3.8) is 0 Å². The van der Waals surface area contributed by atoms with E-state index in [9.17, 15) is 9.59 Å². The van der Waals surface area contributed by atoms with Gasteiger partial charge < -0.3 is 10.3 Å². The van der Waals surface area contributed by atoms with Crippen LogP contribution in [0.15, 0.2) is 17.1 Å². The standard InChI is InChI=1S/C14H22N2O2/c1-4-5-6-7-10(2)16-14(18)12-9-15-11(3)8-13(12)17/h8-10H,4-7H2,1-3H3,(H,15,17)(H,16,18). The number of rotatable bonds is 6. The highest BCUT2D eigenvalue weighted by atomic mass is 16.2. The van der Waals surface area contributed by atoms with Crippen LogP contribution in [-0.2, 0) is 0 Å². The minimum atomic E-state index is -0.291. The van der Waals surface area contributed by atoms with Gasteiger partial charge in [0.2, 0.25) is 0 Å². The summed E-state index contributed by atoms with van der Waals surface area (Å²) in [6, 6.07) is 1.54. The van der Waals surface area contributed by atoms with E-state index in [1.54, 1.807) is 6.92 Å². The van der Waals surface area contributed by atoms with Gasteiger partial charge in [-0.2, -0.15) is 0 Å². The van der Waals surface area contributed by atoms with Gasteiger partial charge >= 0.3 is 0 Å². The molecule has 0 aliphatic carbocycles. The van der Waals surface area contributed by atoms with Gasteiger partial charge in [0, 0.05) is 24.0 Å². The molecule has 100 valence electrons. The SMILES string of the molecule is CCCCCC(C)NC(=O)c1c[nH]c(C)cc1=O. The fraction of sp³-hybridized carbons (Fsp3) is 0.571. The summed E-state index contributed by atoms with van der Waals surface area (Å²) >= 11 is 0. The molecule has 0 spiro atoms. The minimum absolute atomic E-state index is 0.102. The molecule has 4 heteroatoms.